The van der Waals surface area contributed by atoms with E-state index in [4.69, 9.17) is 0 Å². The lowest BCUT2D eigenvalue weighted by Gasteiger charge is -2.24. The second-order valence-electron chi connectivity index (χ2n) is 5.38. The van der Waals surface area contributed by atoms with Gasteiger partial charge in [-0.15, -0.1) is 0 Å². The van der Waals surface area contributed by atoms with Crippen molar-refractivity contribution in [2.75, 3.05) is 6.54 Å². The van der Waals surface area contributed by atoms with Gasteiger partial charge in [-0.1, -0.05) is 39.5 Å². The number of nitrogens with one attached hydrogen (secondary N) is 1. The van der Waals surface area contributed by atoms with E-state index >= 15 is 0 Å². The van der Waals surface area contributed by atoms with Crippen LogP contribution in [0, 0.1) is 5.41 Å². The van der Waals surface area contributed by atoms with Gasteiger partial charge >= 0.3 is 0 Å². The monoisotopic (exact) mass is 214 g/mol. The normalized spacial score (nSPS) is 24.6. The fraction of sp³-hybridized carbons (Fsp3) is 0.909. The summed E-state index contributed by atoms with van der Waals surface area (Å²) in [6.07, 6.45) is 1.18. The van der Waals surface area contributed by atoms with Gasteiger partial charge in [0.05, 0.1) is 6.54 Å². The van der Waals surface area contributed by atoms with Gasteiger partial charge in [0.25, 0.3) is 0 Å². The van der Waals surface area contributed by atoms with Gasteiger partial charge in [0.1, 0.15) is 0 Å². The average molecular weight is 214 g/mol. The first-order chi connectivity index (χ1) is 6.37. The molecule has 0 aromatic carbocycles. The van der Waals surface area contributed by atoms with Crippen molar-refractivity contribution >= 4 is 16.9 Å². The van der Waals surface area contributed by atoms with Crippen LogP contribution in [0.2, 0.25) is 0 Å². The topological polar surface area (TPSA) is 24.4 Å². The predicted molar refractivity (Wildman–Crippen MR) is 66.0 cm³/mol. The molecule has 0 aromatic rings. The van der Waals surface area contributed by atoms with Crippen LogP contribution >= 0.6 is 11.8 Å². The summed E-state index contributed by atoms with van der Waals surface area (Å²) in [6.45, 7) is 12.2. The van der Waals surface area contributed by atoms with Crippen LogP contribution in [0.4, 0.5) is 0 Å². The van der Waals surface area contributed by atoms with Crippen LogP contribution in [0.15, 0.2) is 4.99 Å². The fourth-order valence-corrected chi connectivity index (χ4v) is 2.69. The van der Waals surface area contributed by atoms with Crippen LogP contribution in [-0.2, 0) is 0 Å². The van der Waals surface area contributed by atoms with Gasteiger partial charge in [-0.25, -0.2) is 0 Å². The maximum Gasteiger partial charge on any atom is 0.157 e. The minimum atomic E-state index is 0.391. The van der Waals surface area contributed by atoms with E-state index in [1.54, 1.807) is 0 Å². The molecule has 0 saturated heterocycles. The zero-order valence-electron chi connectivity index (χ0n) is 9.92. The standard InChI is InChI=1S/C11H22N2S/c1-8(6-11(3,4)5)13-10-12-7-9(2)14-10/h8-9H,6-7H2,1-5H3,(H,12,13). The first kappa shape index (κ1) is 11.9. The summed E-state index contributed by atoms with van der Waals surface area (Å²) in [6, 6.07) is 0.520. The molecule has 0 bridgehead atoms. The second-order valence-corrected chi connectivity index (χ2v) is 6.81. The number of aliphatic imine (C=N–C) groups is 1. The first-order valence-corrected chi connectivity index (χ1v) is 6.22. The van der Waals surface area contributed by atoms with Crippen LogP contribution in [0.25, 0.3) is 0 Å². The van der Waals surface area contributed by atoms with Gasteiger partial charge in [-0.05, 0) is 18.8 Å². The van der Waals surface area contributed by atoms with E-state index in [-0.39, 0.29) is 0 Å². The third kappa shape index (κ3) is 4.36. The van der Waals surface area contributed by atoms with Crippen molar-refractivity contribution in [3.63, 3.8) is 0 Å². The molecule has 1 rings (SSSR count). The lowest BCUT2D eigenvalue weighted by molar-refractivity contribution is 0.338. The summed E-state index contributed by atoms with van der Waals surface area (Å²) in [5.74, 6) is 0. The fourth-order valence-electron chi connectivity index (χ4n) is 1.74. The molecule has 2 unspecified atom stereocenters. The maximum absolute atomic E-state index is 4.46. The summed E-state index contributed by atoms with van der Waals surface area (Å²) in [5.41, 5.74) is 0.391. The Morgan fingerprint density at radius 1 is 1.57 bits per heavy atom. The van der Waals surface area contributed by atoms with Gasteiger partial charge in [0.15, 0.2) is 5.17 Å². The number of amidine groups is 1. The Labute approximate surface area is 92.0 Å². The van der Waals surface area contributed by atoms with Crippen molar-refractivity contribution < 1.29 is 0 Å². The highest BCUT2D eigenvalue weighted by Gasteiger charge is 2.19. The molecular weight excluding hydrogens is 192 g/mol. The van der Waals surface area contributed by atoms with E-state index < -0.39 is 0 Å². The van der Waals surface area contributed by atoms with Gasteiger partial charge in [0, 0.05) is 11.3 Å². The lowest BCUT2D eigenvalue weighted by Crippen LogP contribution is -2.33. The summed E-state index contributed by atoms with van der Waals surface area (Å²) in [7, 11) is 0. The Morgan fingerprint density at radius 2 is 2.21 bits per heavy atom. The minimum absolute atomic E-state index is 0.391. The van der Waals surface area contributed by atoms with Crippen LogP contribution in [-0.4, -0.2) is 23.0 Å². The largest absolute Gasteiger partial charge is 0.362 e. The Hall–Kier alpha value is -0.180. The Bertz CT molecular complexity index is 218. The van der Waals surface area contributed by atoms with Gasteiger partial charge in [-0.2, -0.15) is 0 Å². The number of nitrogens with zero attached hydrogens (tertiary/aromatic N) is 1. The van der Waals surface area contributed by atoms with Crippen LogP contribution < -0.4 is 5.32 Å². The molecule has 0 fully saturated rings. The molecule has 0 radical (unpaired) electrons. The SMILES string of the molecule is CC(CC(C)(C)C)NC1=NCC(C)S1. The predicted octanol–water partition coefficient (Wildman–Crippen LogP) is 2.89. The van der Waals surface area contributed by atoms with Gasteiger partial charge < -0.3 is 5.32 Å². The smallest absolute Gasteiger partial charge is 0.157 e. The maximum atomic E-state index is 4.46. The van der Waals surface area contributed by atoms with Crippen molar-refractivity contribution in [2.45, 2.75) is 52.3 Å². The highest BCUT2D eigenvalue weighted by molar-refractivity contribution is 8.14. The molecule has 14 heavy (non-hydrogen) atoms. The van der Waals surface area contributed by atoms with E-state index in [0.29, 0.717) is 16.7 Å². The molecule has 2 atom stereocenters. The Kier molecular flexibility index (Phi) is 3.87. The highest BCUT2D eigenvalue weighted by Crippen LogP contribution is 2.23. The van der Waals surface area contributed by atoms with Crippen molar-refractivity contribution in [1.82, 2.24) is 5.32 Å². The van der Waals surface area contributed by atoms with Crippen molar-refractivity contribution in [3.8, 4) is 0 Å². The number of hydrogen-bond donors (Lipinski definition) is 1. The second kappa shape index (κ2) is 4.56. The molecule has 0 amide bonds. The molecule has 0 aliphatic carbocycles. The lowest BCUT2D eigenvalue weighted by atomic mass is 9.89. The van der Waals surface area contributed by atoms with Gasteiger partial charge in [0.2, 0.25) is 0 Å². The zero-order chi connectivity index (χ0) is 10.8. The van der Waals surface area contributed by atoms with E-state index in [1.807, 2.05) is 11.8 Å². The molecule has 1 N–H and O–H groups in total. The molecule has 1 heterocycles. The van der Waals surface area contributed by atoms with Gasteiger partial charge in [-0.3, -0.25) is 4.99 Å². The van der Waals surface area contributed by atoms with Crippen molar-refractivity contribution in [3.05, 3.63) is 0 Å². The third-order valence-corrected chi connectivity index (χ3v) is 3.11. The molecule has 0 aromatic heterocycles. The first-order valence-electron chi connectivity index (χ1n) is 5.34. The van der Waals surface area contributed by atoms with Crippen LogP contribution in [0.1, 0.15) is 41.0 Å². The summed E-state index contributed by atoms with van der Waals surface area (Å²) in [5, 5.41) is 5.26. The molecule has 0 saturated carbocycles. The van der Waals surface area contributed by atoms with Crippen LogP contribution in [0.3, 0.4) is 0 Å². The molecule has 2 nitrogen and oxygen atoms in total. The Balaban J connectivity index is 2.31. The molecular formula is C11H22N2S. The van der Waals surface area contributed by atoms with E-state index in [2.05, 4.69) is 44.9 Å². The molecule has 3 heteroatoms. The van der Waals surface area contributed by atoms with E-state index in [0.717, 1.165) is 11.7 Å². The van der Waals surface area contributed by atoms with Crippen molar-refractivity contribution in [1.29, 1.82) is 0 Å². The number of thioether (sulfide) groups is 1. The molecule has 82 valence electrons. The Morgan fingerprint density at radius 3 is 2.64 bits per heavy atom. The third-order valence-electron chi connectivity index (χ3n) is 2.09. The minimum Gasteiger partial charge on any atom is -0.362 e. The molecule has 1 aliphatic rings. The summed E-state index contributed by atoms with van der Waals surface area (Å²) < 4.78 is 0. The molecule has 0 spiro atoms. The average Bonchev–Trinajstić information content (AvgIpc) is 2.30. The van der Waals surface area contributed by atoms with E-state index in [9.17, 15) is 0 Å². The zero-order valence-corrected chi connectivity index (χ0v) is 10.7. The number of hydrogen-bond acceptors (Lipinski definition) is 3. The summed E-state index contributed by atoms with van der Waals surface area (Å²) >= 11 is 1.86. The van der Waals surface area contributed by atoms with E-state index in [1.165, 1.54) is 6.42 Å². The summed E-state index contributed by atoms with van der Waals surface area (Å²) in [4.78, 5) is 4.46. The quantitative estimate of drug-likeness (QED) is 0.764. The molecule has 1 aliphatic heterocycles. The number of rotatable bonds is 2. The van der Waals surface area contributed by atoms with Crippen molar-refractivity contribution in [2.24, 2.45) is 10.4 Å². The highest BCUT2D eigenvalue weighted by atomic mass is 32.2. The van der Waals surface area contributed by atoms with Crippen LogP contribution in [0.5, 0.6) is 0 Å².